The van der Waals surface area contributed by atoms with E-state index in [4.69, 9.17) is 0 Å². The first-order valence-corrected chi connectivity index (χ1v) is 7.74. The highest BCUT2D eigenvalue weighted by atomic mass is 32.2. The van der Waals surface area contributed by atoms with Crippen LogP contribution < -0.4 is 4.72 Å². The molecule has 108 valence electrons. The predicted octanol–water partition coefficient (Wildman–Crippen LogP) is 2.61. The normalized spacial score (nSPS) is 11.6. The number of hydrogen-bond acceptors (Lipinski definition) is 3. The summed E-state index contributed by atoms with van der Waals surface area (Å²) in [6.07, 6.45) is 1.73. The number of anilines is 1. The molecular formula is C13H16FN3O2S. The summed E-state index contributed by atoms with van der Waals surface area (Å²) >= 11 is 0. The lowest BCUT2D eigenvalue weighted by atomic mass is 10.2. The molecule has 0 spiro atoms. The van der Waals surface area contributed by atoms with E-state index in [1.54, 1.807) is 13.0 Å². The van der Waals surface area contributed by atoms with Gasteiger partial charge in [0.25, 0.3) is 10.0 Å². The van der Waals surface area contributed by atoms with Crippen molar-refractivity contribution in [2.45, 2.75) is 31.6 Å². The molecule has 0 saturated heterocycles. The molecule has 0 atom stereocenters. The third-order valence-corrected chi connectivity index (χ3v) is 4.33. The molecule has 0 aliphatic heterocycles. The minimum absolute atomic E-state index is 0.0407. The summed E-state index contributed by atoms with van der Waals surface area (Å²) in [4.78, 5) is 0.0407. The molecule has 2 N–H and O–H groups in total. The molecule has 0 fully saturated rings. The number of H-pyrrole nitrogens is 1. The van der Waals surface area contributed by atoms with Gasteiger partial charge in [-0.05, 0) is 37.1 Å². The summed E-state index contributed by atoms with van der Waals surface area (Å²) in [6, 6.07) is 5.20. The first kappa shape index (κ1) is 14.5. The zero-order valence-electron chi connectivity index (χ0n) is 11.3. The van der Waals surface area contributed by atoms with Crippen LogP contribution in [-0.2, 0) is 16.4 Å². The van der Waals surface area contributed by atoms with Gasteiger partial charge in [0, 0.05) is 11.8 Å². The summed E-state index contributed by atoms with van der Waals surface area (Å²) in [5.74, 6) is -0.233. The molecule has 1 aromatic carbocycles. The van der Waals surface area contributed by atoms with Gasteiger partial charge in [0.05, 0.1) is 4.90 Å². The standard InChI is InChI=1S/C13H16FN3O2S/c1-3-4-11-8-13(16-15-11)17-20(18,19)12-6-5-10(14)7-9(12)2/h5-8H,3-4H2,1-2H3,(H2,15,16,17). The Morgan fingerprint density at radius 2 is 2.10 bits per heavy atom. The Hall–Kier alpha value is -1.89. The largest absolute Gasteiger partial charge is 0.280 e. The second-order valence-corrected chi connectivity index (χ2v) is 6.19. The van der Waals surface area contributed by atoms with Gasteiger partial charge in [-0.2, -0.15) is 5.10 Å². The number of aromatic amines is 1. The van der Waals surface area contributed by atoms with Crippen LogP contribution >= 0.6 is 0 Å². The highest BCUT2D eigenvalue weighted by Gasteiger charge is 2.18. The number of rotatable bonds is 5. The van der Waals surface area contributed by atoms with Crippen molar-refractivity contribution >= 4 is 15.8 Å². The van der Waals surface area contributed by atoms with Gasteiger partial charge in [0.1, 0.15) is 5.82 Å². The summed E-state index contributed by atoms with van der Waals surface area (Å²) in [5, 5.41) is 6.67. The summed E-state index contributed by atoms with van der Waals surface area (Å²) in [7, 11) is -3.76. The summed E-state index contributed by atoms with van der Waals surface area (Å²) in [5.41, 5.74) is 1.21. The number of hydrogen-bond donors (Lipinski definition) is 2. The van der Waals surface area contributed by atoms with Crippen molar-refractivity contribution in [3.05, 3.63) is 41.3 Å². The minimum atomic E-state index is -3.76. The Kier molecular flexibility index (Phi) is 4.08. The van der Waals surface area contributed by atoms with E-state index in [2.05, 4.69) is 14.9 Å². The van der Waals surface area contributed by atoms with Crippen LogP contribution in [0.1, 0.15) is 24.6 Å². The van der Waals surface area contributed by atoms with Gasteiger partial charge in [-0.3, -0.25) is 9.82 Å². The van der Waals surface area contributed by atoms with Gasteiger partial charge in [0.2, 0.25) is 0 Å². The second kappa shape index (κ2) is 5.62. The van der Waals surface area contributed by atoms with E-state index in [0.717, 1.165) is 24.6 Å². The molecule has 0 aliphatic carbocycles. The molecule has 2 aromatic rings. The predicted molar refractivity (Wildman–Crippen MR) is 74.5 cm³/mol. The Morgan fingerprint density at radius 3 is 2.75 bits per heavy atom. The maximum absolute atomic E-state index is 13.0. The van der Waals surface area contributed by atoms with Crippen LogP contribution in [0.3, 0.4) is 0 Å². The van der Waals surface area contributed by atoms with E-state index in [1.165, 1.54) is 12.1 Å². The van der Waals surface area contributed by atoms with E-state index >= 15 is 0 Å². The van der Waals surface area contributed by atoms with Crippen molar-refractivity contribution in [2.24, 2.45) is 0 Å². The van der Waals surface area contributed by atoms with Crippen LogP contribution in [0.25, 0.3) is 0 Å². The van der Waals surface area contributed by atoms with Crippen molar-refractivity contribution in [3.63, 3.8) is 0 Å². The molecular weight excluding hydrogens is 281 g/mol. The number of aryl methyl sites for hydroxylation is 2. The molecule has 0 bridgehead atoms. The monoisotopic (exact) mass is 297 g/mol. The van der Waals surface area contributed by atoms with Crippen molar-refractivity contribution in [2.75, 3.05) is 4.72 Å². The van der Waals surface area contributed by atoms with Crippen LogP contribution in [0.4, 0.5) is 10.2 Å². The first-order valence-electron chi connectivity index (χ1n) is 6.25. The smallest absolute Gasteiger partial charge is 0.263 e. The molecule has 0 aliphatic rings. The van der Waals surface area contributed by atoms with E-state index in [1.807, 2.05) is 6.92 Å². The molecule has 1 heterocycles. The summed E-state index contributed by atoms with van der Waals surface area (Å²) in [6.45, 7) is 3.57. The molecule has 1 aromatic heterocycles. The number of nitrogens with one attached hydrogen (secondary N) is 2. The SMILES string of the molecule is CCCc1cc(NS(=O)(=O)c2ccc(F)cc2C)n[nH]1. The van der Waals surface area contributed by atoms with Crippen molar-refractivity contribution in [1.82, 2.24) is 10.2 Å². The first-order chi connectivity index (χ1) is 9.42. The Bertz CT molecular complexity index is 710. The van der Waals surface area contributed by atoms with Gasteiger partial charge >= 0.3 is 0 Å². The highest BCUT2D eigenvalue weighted by Crippen LogP contribution is 2.19. The Morgan fingerprint density at radius 1 is 1.35 bits per heavy atom. The molecule has 0 amide bonds. The number of sulfonamides is 1. The lowest BCUT2D eigenvalue weighted by Crippen LogP contribution is -2.14. The van der Waals surface area contributed by atoms with Crippen molar-refractivity contribution < 1.29 is 12.8 Å². The topological polar surface area (TPSA) is 74.8 Å². The Labute approximate surface area is 117 Å². The van der Waals surface area contributed by atoms with E-state index in [9.17, 15) is 12.8 Å². The molecule has 0 saturated carbocycles. The van der Waals surface area contributed by atoms with Crippen LogP contribution in [0, 0.1) is 12.7 Å². The van der Waals surface area contributed by atoms with E-state index < -0.39 is 15.8 Å². The molecule has 5 nitrogen and oxygen atoms in total. The number of aromatic nitrogens is 2. The van der Waals surface area contributed by atoms with Crippen LogP contribution in [0.5, 0.6) is 0 Å². The lowest BCUT2D eigenvalue weighted by molar-refractivity contribution is 0.598. The third-order valence-electron chi connectivity index (χ3n) is 2.82. The van der Waals surface area contributed by atoms with Crippen LogP contribution in [0.2, 0.25) is 0 Å². The second-order valence-electron chi connectivity index (χ2n) is 4.54. The van der Waals surface area contributed by atoms with Crippen LogP contribution in [0.15, 0.2) is 29.2 Å². The molecule has 20 heavy (non-hydrogen) atoms. The molecule has 7 heteroatoms. The van der Waals surface area contributed by atoms with Crippen molar-refractivity contribution in [3.8, 4) is 0 Å². The maximum atomic E-state index is 13.0. The van der Waals surface area contributed by atoms with E-state index in [-0.39, 0.29) is 10.7 Å². The highest BCUT2D eigenvalue weighted by molar-refractivity contribution is 7.92. The van der Waals surface area contributed by atoms with Crippen LogP contribution in [-0.4, -0.2) is 18.6 Å². The zero-order valence-corrected chi connectivity index (χ0v) is 12.1. The van der Waals surface area contributed by atoms with Gasteiger partial charge < -0.3 is 0 Å². The average Bonchev–Trinajstić information content (AvgIpc) is 2.75. The van der Waals surface area contributed by atoms with Gasteiger partial charge in [-0.1, -0.05) is 13.3 Å². The molecule has 0 radical (unpaired) electrons. The third kappa shape index (κ3) is 3.16. The fourth-order valence-electron chi connectivity index (χ4n) is 1.92. The minimum Gasteiger partial charge on any atom is -0.280 e. The molecule has 0 unspecified atom stereocenters. The quantitative estimate of drug-likeness (QED) is 0.890. The number of nitrogens with zero attached hydrogens (tertiary/aromatic N) is 1. The lowest BCUT2D eigenvalue weighted by Gasteiger charge is -2.08. The van der Waals surface area contributed by atoms with Gasteiger partial charge in [-0.15, -0.1) is 0 Å². The van der Waals surface area contributed by atoms with Gasteiger partial charge in [-0.25, -0.2) is 12.8 Å². The fourth-order valence-corrected chi connectivity index (χ4v) is 3.14. The van der Waals surface area contributed by atoms with Crippen molar-refractivity contribution in [1.29, 1.82) is 0 Å². The van der Waals surface area contributed by atoms with E-state index in [0.29, 0.717) is 5.56 Å². The maximum Gasteiger partial charge on any atom is 0.263 e. The zero-order chi connectivity index (χ0) is 14.8. The number of halogens is 1. The van der Waals surface area contributed by atoms with Gasteiger partial charge in [0.15, 0.2) is 5.82 Å². The fraction of sp³-hybridized carbons (Fsp3) is 0.308. The average molecular weight is 297 g/mol. The number of benzene rings is 1. The Balaban J connectivity index is 2.26. The molecule has 2 rings (SSSR count). The summed E-state index contributed by atoms with van der Waals surface area (Å²) < 4.78 is 39.8.